The summed E-state index contributed by atoms with van der Waals surface area (Å²) in [6, 6.07) is 2.56. The topological polar surface area (TPSA) is 228 Å². The van der Waals surface area contributed by atoms with Crippen molar-refractivity contribution in [2.45, 2.75) is 15.9 Å². The van der Waals surface area contributed by atoms with Crippen molar-refractivity contribution in [1.82, 2.24) is 26.1 Å². The number of hydrogen-bond acceptors (Lipinski definition) is 13. The molecule has 0 saturated carbocycles. The van der Waals surface area contributed by atoms with Gasteiger partial charge < -0.3 is 25.7 Å². The van der Waals surface area contributed by atoms with Crippen LogP contribution in [0, 0.1) is 0 Å². The molecule has 0 radical (unpaired) electrons. The highest BCUT2D eigenvalue weighted by atomic mass is 32.2. The number of likely N-dealkylation sites (N-methyl/N-ethyl adjacent to an activating group) is 2. The molecule has 0 bridgehead atoms. The molecule has 1 heterocycles. The van der Waals surface area contributed by atoms with Crippen molar-refractivity contribution in [2.75, 3.05) is 58.3 Å². The van der Waals surface area contributed by atoms with Crippen molar-refractivity contribution < 1.29 is 27.0 Å². The Hall–Kier alpha value is -2.09. The minimum absolute atomic E-state index is 0.00336. The van der Waals surface area contributed by atoms with E-state index in [2.05, 4.69) is 26.3 Å². The van der Waals surface area contributed by atoms with Crippen LogP contribution in [0.3, 0.4) is 0 Å². The molecule has 0 amide bonds. The number of hydrazine groups is 2. The smallest absolute Gasteiger partial charge is 0.242 e. The monoisotopic (exact) mass is 509 g/mol. The van der Waals surface area contributed by atoms with E-state index >= 15 is 0 Å². The van der Waals surface area contributed by atoms with E-state index in [1.807, 2.05) is 11.9 Å². The Bertz CT molecular complexity index is 1060. The zero-order valence-corrected chi connectivity index (χ0v) is 19.9. The molecule has 0 saturated heterocycles. The van der Waals surface area contributed by atoms with Crippen LogP contribution in [0.4, 0.5) is 5.69 Å². The average Bonchev–Trinajstić information content (AvgIpc) is 3.29. The van der Waals surface area contributed by atoms with Crippen molar-refractivity contribution in [3.8, 4) is 0 Å². The van der Waals surface area contributed by atoms with Gasteiger partial charge in [0.05, 0.1) is 18.3 Å². The summed E-state index contributed by atoms with van der Waals surface area (Å²) in [5.74, 6) is 0.00336. The van der Waals surface area contributed by atoms with E-state index in [1.165, 1.54) is 6.07 Å². The normalized spacial score (nSPS) is 15.2. The summed E-state index contributed by atoms with van der Waals surface area (Å²) >= 11 is 0. The number of aliphatic hydroxyl groups excluding tert-OH is 2. The number of nitrogens with zero attached hydrogens (tertiary/aromatic N) is 3. The summed E-state index contributed by atoms with van der Waals surface area (Å²) in [5.41, 5.74) is 13.1. The summed E-state index contributed by atoms with van der Waals surface area (Å²) in [4.78, 5) is 2.32. The minimum Gasteiger partial charge on any atom is -0.395 e. The predicted octanol–water partition coefficient (Wildman–Crippen LogP) is -4.43. The molecule has 2 rings (SSSR count). The van der Waals surface area contributed by atoms with Crippen molar-refractivity contribution >= 4 is 31.6 Å². The van der Waals surface area contributed by atoms with Crippen LogP contribution in [-0.4, -0.2) is 97.3 Å². The van der Waals surface area contributed by atoms with Gasteiger partial charge in [0.2, 0.25) is 20.0 Å². The number of hydrogen-bond donors (Lipinski definition) is 8. The zero-order chi connectivity index (χ0) is 24.8. The molecule has 1 aromatic carbocycles. The van der Waals surface area contributed by atoms with E-state index in [1.54, 1.807) is 11.9 Å². The zero-order valence-electron chi connectivity index (χ0n) is 18.3. The van der Waals surface area contributed by atoms with Gasteiger partial charge in [0.1, 0.15) is 9.79 Å². The largest absolute Gasteiger partial charge is 0.395 e. The van der Waals surface area contributed by atoms with E-state index < -0.39 is 42.5 Å². The summed E-state index contributed by atoms with van der Waals surface area (Å²) in [7, 11) is -5.48. The van der Waals surface area contributed by atoms with Gasteiger partial charge in [0, 0.05) is 45.5 Å². The molecule has 1 aromatic rings. The fourth-order valence-corrected chi connectivity index (χ4v) is 5.67. The molecule has 17 heteroatoms. The van der Waals surface area contributed by atoms with Gasteiger partial charge in [0.15, 0.2) is 5.84 Å². The second-order valence-corrected chi connectivity index (χ2v) is 10.6. The summed E-state index contributed by atoms with van der Waals surface area (Å²) < 4.78 is 53.3. The van der Waals surface area contributed by atoms with Crippen molar-refractivity contribution in [3.05, 3.63) is 17.7 Å². The van der Waals surface area contributed by atoms with Crippen LogP contribution in [0.1, 0.15) is 5.56 Å². The highest BCUT2D eigenvalue weighted by molar-refractivity contribution is 7.92. The average molecular weight is 510 g/mol. The van der Waals surface area contributed by atoms with Gasteiger partial charge in [0.25, 0.3) is 0 Å². The first kappa shape index (κ1) is 27.2. The third kappa shape index (κ3) is 6.95. The second-order valence-electron chi connectivity index (χ2n) is 7.34. The number of aliphatic hydroxyl groups is 2. The van der Waals surface area contributed by atoms with E-state index in [9.17, 15) is 21.9 Å². The van der Waals surface area contributed by atoms with E-state index in [-0.39, 0.29) is 24.6 Å². The molecular formula is C16H31N9O6S2. The highest BCUT2D eigenvalue weighted by Crippen LogP contribution is 2.32. The lowest BCUT2D eigenvalue weighted by molar-refractivity contribution is 0.186. The van der Waals surface area contributed by atoms with Gasteiger partial charge in [-0.05, 0) is 19.2 Å². The molecule has 1 aliphatic heterocycles. The number of nitrogens with two attached hydrogens (primary N) is 2. The first-order valence-corrected chi connectivity index (χ1v) is 12.9. The number of sulfonamides is 2. The number of benzene rings is 1. The van der Waals surface area contributed by atoms with Crippen LogP contribution in [0.25, 0.3) is 0 Å². The maximum atomic E-state index is 12.9. The minimum atomic E-state index is -4.58. The second kappa shape index (κ2) is 11.4. The molecule has 0 fully saturated rings. The standard InChI is InChI=1S/C16H31N9O6S2/c1-24(7-8-26)5-6-25(2)12-3-4-13(33(30,31)19-10-11(27)9-17)15(32(18,28)29)14(12)16-20-22-23-21-16/h3-4,11,19,22-23,26-27H,5-10,17H2,1-2H3,(H,20,21)(H2,18,28,29)/t11-/m1/s1. The Morgan fingerprint density at radius 2 is 1.88 bits per heavy atom. The summed E-state index contributed by atoms with van der Waals surface area (Å²) in [5, 5.41) is 28.1. The molecule has 15 nitrogen and oxygen atoms in total. The summed E-state index contributed by atoms with van der Waals surface area (Å²) in [6.45, 7) is 0.757. The lowest BCUT2D eigenvalue weighted by Gasteiger charge is -2.27. The molecule has 33 heavy (non-hydrogen) atoms. The first-order chi connectivity index (χ1) is 15.4. The van der Waals surface area contributed by atoms with Crippen LogP contribution in [0.2, 0.25) is 0 Å². The third-order valence-electron chi connectivity index (χ3n) is 4.81. The van der Waals surface area contributed by atoms with Gasteiger partial charge in [-0.3, -0.25) is 5.43 Å². The first-order valence-electron chi connectivity index (χ1n) is 9.84. The van der Waals surface area contributed by atoms with Crippen molar-refractivity contribution in [1.29, 1.82) is 0 Å². The van der Waals surface area contributed by atoms with Crippen LogP contribution in [-0.2, 0) is 20.0 Å². The maximum absolute atomic E-state index is 12.9. The Morgan fingerprint density at radius 1 is 1.18 bits per heavy atom. The maximum Gasteiger partial charge on any atom is 0.242 e. The Kier molecular flexibility index (Phi) is 9.35. The Labute approximate surface area is 192 Å². The highest BCUT2D eigenvalue weighted by Gasteiger charge is 2.33. The molecule has 0 unspecified atom stereocenters. The molecule has 1 aliphatic rings. The predicted molar refractivity (Wildman–Crippen MR) is 122 cm³/mol. The lowest BCUT2D eigenvalue weighted by atomic mass is 10.1. The molecule has 188 valence electrons. The van der Waals surface area contributed by atoms with Crippen LogP contribution in [0.15, 0.2) is 27.0 Å². The van der Waals surface area contributed by atoms with E-state index in [0.717, 1.165) is 6.07 Å². The number of hydrazone groups is 1. The van der Waals surface area contributed by atoms with Gasteiger partial charge in [-0.25, -0.2) is 32.2 Å². The summed E-state index contributed by atoms with van der Waals surface area (Å²) in [6.07, 6.45) is -1.16. The Balaban J connectivity index is 2.62. The molecule has 0 spiro atoms. The van der Waals surface area contributed by atoms with E-state index in [4.69, 9.17) is 16.0 Å². The van der Waals surface area contributed by atoms with Crippen LogP contribution in [0.5, 0.6) is 0 Å². The lowest BCUT2D eigenvalue weighted by Crippen LogP contribution is -2.39. The fraction of sp³-hybridized carbons (Fsp3) is 0.562. The van der Waals surface area contributed by atoms with E-state index in [0.29, 0.717) is 25.3 Å². The molecule has 0 aliphatic carbocycles. The Morgan fingerprint density at radius 3 is 2.42 bits per heavy atom. The van der Waals surface area contributed by atoms with Gasteiger partial charge >= 0.3 is 0 Å². The molecule has 0 aromatic heterocycles. The van der Waals surface area contributed by atoms with Crippen LogP contribution >= 0.6 is 0 Å². The quantitative estimate of drug-likeness (QED) is 0.126. The number of primary sulfonamides is 1. The third-order valence-corrected chi connectivity index (χ3v) is 7.39. The van der Waals surface area contributed by atoms with Crippen molar-refractivity contribution in [3.63, 3.8) is 0 Å². The van der Waals surface area contributed by atoms with Crippen molar-refractivity contribution in [2.24, 2.45) is 16.0 Å². The van der Waals surface area contributed by atoms with Gasteiger partial charge in [-0.2, -0.15) is 0 Å². The fourth-order valence-electron chi connectivity index (χ4n) is 3.00. The number of amidine groups is 1. The molecule has 1 atom stereocenters. The number of anilines is 1. The number of rotatable bonds is 13. The number of nitrogens with one attached hydrogen (secondary N) is 4. The van der Waals surface area contributed by atoms with Crippen LogP contribution < -0.4 is 37.0 Å². The SMILES string of the molecule is CN(CCO)CCN(C)c1ccc(S(=O)(=O)NC[C@H](O)CN)c(S(N)(=O)=O)c1C1=NNNN1. The molecular weight excluding hydrogens is 478 g/mol. The van der Waals surface area contributed by atoms with Gasteiger partial charge in [-0.15, -0.1) is 10.6 Å². The van der Waals surface area contributed by atoms with Gasteiger partial charge in [-0.1, -0.05) is 0 Å². The molecule has 10 N–H and O–H groups in total.